The van der Waals surface area contributed by atoms with Crippen LogP contribution in [0.2, 0.25) is 0 Å². The fourth-order valence-electron chi connectivity index (χ4n) is 1.93. The third-order valence-electron chi connectivity index (χ3n) is 2.99. The Morgan fingerprint density at radius 1 is 0.900 bits per heavy atom. The van der Waals surface area contributed by atoms with Gasteiger partial charge in [-0.1, -0.05) is 0 Å². The number of hydrogen-bond donors (Lipinski definition) is 1. The maximum absolute atomic E-state index is 13.4. The fraction of sp³-hybridized carbons (Fsp3) is 0.417. The van der Waals surface area contributed by atoms with Crippen molar-refractivity contribution in [1.29, 1.82) is 0 Å². The Labute approximate surface area is 111 Å². The van der Waals surface area contributed by atoms with Gasteiger partial charge in [0.2, 0.25) is 5.82 Å². The van der Waals surface area contributed by atoms with Gasteiger partial charge in [-0.25, -0.2) is 22.0 Å². The van der Waals surface area contributed by atoms with E-state index in [-0.39, 0.29) is 0 Å². The molecule has 1 saturated heterocycles. The van der Waals surface area contributed by atoms with E-state index in [1.54, 1.807) is 0 Å². The summed E-state index contributed by atoms with van der Waals surface area (Å²) in [6.45, 7) is 1.22. The summed E-state index contributed by atoms with van der Waals surface area (Å²) < 4.78 is 65.6. The summed E-state index contributed by atoms with van der Waals surface area (Å²) >= 11 is 0. The van der Waals surface area contributed by atoms with Gasteiger partial charge in [0.05, 0.1) is 11.8 Å². The average Bonchev–Trinajstić information content (AvgIpc) is 2.94. The van der Waals surface area contributed by atoms with Crippen LogP contribution in [0.1, 0.15) is 24.5 Å². The zero-order valence-electron chi connectivity index (χ0n) is 10.2. The highest BCUT2D eigenvalue weighted by Crippen LogP contribution is 2.27. The molecule has 3 nitrogen and oxygen atoms in total. The van der Waals surface area contributed by atoms with E-state index in [2.05, 4.69) is 5.10 Å². The highest BCUT2D eigenvalue weighted by Gasteiger charge is 2.29. The van der Waals surface area contributed by atoms with Crippen molar-refractivity contribution in [2.24, 2.45) is 5.10 Å². The van der Waals surface area contributed by atoms with E-state index in [4.69, 9.17) is 0 Å². The van der Waals surface area contributed by atoms with Gasteiger partial charge in [0.15, 0.2) is 23.3 Å². The molecule has 1 atom stereocenters. The molecule has 0 saturated carbocycles. The molecule has 1 aliphatic heterocycles. The molecule has 2 rings (SSSR count). The molecule has 1 aromatic carbocycles. The molecule has 1 heterocycles. The van der Waals surface area contributed by atoms with Crippen LogP contribution in [0.25, 0.3) is 0 Å². The lowest BCUT2D eigenvalue weighted by atomic mass is 10.1. The van der Waals surface area contributed by atoms with Crippen molar-refractivity contribution >= 4 is 6.21 Å². The molecular weight excluding hydrogens is 283 g/mol. The second kappa shape index (κ2) is 5.74. The van der Waals surface area contributed by atoms with Gasteiger partial charge >= 0.3 is 0 Å². The first-order valence-corrected chi connectivity index (χ1v) is 5.92. The first kappa shape index (κ1) is 14.7. The van der Waals surface area contributed by atoms with Gasteiger partial charge in [-0.15, -0.1) is 0 Å². The lowest BCUT2D eigenvalue weighted by molar-refractivity contribution is 0.228. The van der Waals surface area contributed by atoms with Crippen LogP contribution in [0.15, 0.2) is 5.10 Å². The van der Waals surface area contributed by atoms with E-state index in [1.807, 2.05) is 0 Å². The molecule has 1 N–H and O–H groups in total. The Bertz CT molecular complexity index is 514. The Balaban J connectivity index is 2.32. The van der Waals surface area contributed by atoms with Crippen molar-refractivity contribution < 1.29 is 27.1 Å². The molecule has 0 aliphatic carbocycles. The maximum Gasteiger partial charge on any atom is 0.200 e. The van der Waals surface area contributed by atoms with E-state index < -0.39 is 40.8 Å². The van der Waals surface area contributed by atoms with Crippen LogP contribution in [0.4, 0.5) is 22.0 Å². The standard InChI is InChI=1S/C12H11F5N2O/c13-8-7(9(14)11(16)12(17)10(8)15)6(20)5-18-19-3-1-2-4-19/h5-6,20H,1-4H2/b18-5+. The number of benzene rings is 1. The minimum Gasteiger partial charge on any atom is -0.382 e. The Morgan fingerprint density at radius 3 is 1.85 bits per heavy atom. The van der Waals surface area contributed by atoms with Crippen molar-refractivity contribution in [2.45, 2.75) is 18.9 Å². The smallest absolute Gasteiger partial charge is 0.200 e. The van der Waals surface area contributed by atoms with Crippen LogP contribution in [-0.4, -0.2) is 29.4 Å². The molecule has 20 heavy (non-hydrogen) atoms. The molecule has 0 amide bonds. The number of nitrogens with zero attached hydrogens (tertiary/aromatic N) is 2. The highest BCUT2D eigenvalue weighted by atomic mass is 19.2. The van der Waals surface area contributed by atoms with Crippen LogP contribution >= 0.6 is 0 Å². The van der Waals surface area contributed by atoms with Gasteiger partial charge in [0, 0.05) is 13.1 Å². The SMILES string of the molecule is OC(/C=N/N1CCCC1)c1c(F)c(F)c(F)c(F)c1F. The maximum atomic E-state index is 13.4. The molecule has 1 aromatic rings. The largest absolute Gasteiger partial charge is 0.382 e. The Hall–Kier alpha value is -1.70. The number of hydrazone groups is 1. The van der Waals surface area contributed by atoms with Gasteiger partial charge in [-0.05, 0) is 12.8 Å². The van der Waals surface area contributed by atoms with Gasteiger partial charge in [-0.3, -0.25) is 5.01 Å². The molecule has 0 radical (unpaired) electrons. The van der Waals surface area contributed by atoms with Gasteiger partial charge in [0.25, 0.3) is 0 Å². The van der Waals surface area contributed by atoms with Gasteiger partial charge in [-0.2, -0.15) is 5.10 Å². The molecule has 0 spiro atoms. The predicted octanol–water partition coefficient (Wildman–Crippen LogP) is 2.50. The minimum atomic E-state index is -2.26. The molecule has 1 aliphatic rings. The summed E-state index contributed by atoms with van der Waals surface area (Å²) in [6.07, 6.45) is 0.510. The van der Waals surface area contributed by atoms with Crippen LogP contribution in [0, 0.1) is 29.1 Å². The summed E-state index contributed by atoms with van der Waals surface area (Å²) in [7, 11) is 0. The van der Waals surface area contributed by atoms with Crippen LogP contribution in [-0.2, 0) is 0 Å². The van der Waals surface area contributed by atoms with E-state index >= 15 is 0 Å². The van der Waals surface area contributed by atoms with E-state index in [9.17, 15) is 27.1 Å². The molecule has 1 unspecified atom stereocenters. The summed E-state index contributed by atoms with van der Waals surface area (Å²) in [5.74, 6) is -10.5. The lowest BCUT2D eigenvalue weighted by Gasteiger charge is -2.13. The second-order valence-corrected chi connectivity index (χ2v) is 4.35. The number of aliphatic hydroxyl groups is 1. The van der Waals surface area contributed by atoms with Crippen molar-refractivity contribution in [2.75, 3.05) is 13.1 Å². The Morgan fingerprint density at radius 2 is 1.35 bits per heavy atom. The summed E-state index contributed by atoms with van der Waals surface area (Å²) in [5, 5.41) is 14.9. The third kappa shape index (κ3) is 2.60. The van der Waals surface area contributed by atoms with Crippen LogP contribution < -0.4 is 0 Å². The normalized spacial score (nSPS) is 17.2. The zero-order valence-corrected chi connectivity index (χ0v) is 10.2. The fourth-order valence-corrected chi connectivity index (χ4v) is 1.93. The number of aliphatic hydroxyl groups excluding tert-OH is 1. The molecule has 0 aromatic heterocycles. The Kier molecular flexibility index (Phi) is 4.22. The van der Waals surface area contributed by atoms with Crippen LogP contribution in [0.3, 0.4) is 0 Å². The van der Waals surface area contributed by atoms with Crippen LogP contribution in [0.5, 0.6) is 0 Å². The van der Waals surface area contributed by atoms with Gasteiger partial charge in [0.1, 0.15) is 6.10 Å². The highest BCUT2D eigenvalue weighted by molar-refractivity contribution is 5.65. The topological polar surface area (TPSA) is 35.8 Å². The third-order valence-corrected chi connectivity index (χ3v) is 2.99. The quantitative estimate of drug-likeness (QED) is 0.402. The number of hydrogen-bond acceptors (Lipinski definition) is 3. The van der Waals surface area contributed by atoms with E-state index in [1.165, 1.54) is 5.01 Å². The molecule has 1 fully saturated rings. The van der Waals surface area contributed by atoms with Crippen molar-refractivity contribution in [3.63, 3.8) is 0 Å². The van der Waals surface area contributed by atoms with Crippen molar-refractivity contribution in [3.05, 3.63) is 34.6 Å². The average molecular weight is 294 g/mol. The summed E-state index contributed by atoms with van der Waals surface area (Å²) in [4.78, 5) is 0. The number of rotatable bonds is 3. The second-order valence-electron chi connectivity index (χ2n) is 4.35. The van der Waals surface area contributed by atoms with E-state index in [0.717, 1.165) is 19.1 Å². The zero-order chi connectivity index (χ0) is 14.9. The molecule has 8 heteroatoms. The molecule has 110 valence electrons. The monoisotopic (exact) mass is 294 g/mol. The summed E-state index contributed by atoms with van der Waals surface area (Å²) in [6, 6.07) is 0. The van der Waals surface area contributed by atoms with Gasteiger partial charge < -0.3 is 5.11 Å². The van der Waals surface area contributed by atoms with Crippen molar-refractivity contribution in [1.82, 2.24) is 5.01 Å². The first-order valence-electron chi connectivity index (χ1n) is 5.92. The predicted molar refractivity (Wildman–Crippen MR) is 60.5 cm³/mol. The summed E-state index contributed by atoms with van der Waals surface area (Å²) in [5.41, 5.74) is -1.30. The molecular formula is C12H11F5N2O. The van der Waals surface area contributed by atoms with E-state index in [0.29, 0.717) is 13.1 Å². The minimum absolute atomic E-state index is 0.611. The number of halogens is 5. The molecule has 0 bridgehead atoms. The lowest BCUT2D eigenvalue weighted by Crippen LogP contribution is -2.16. The first-order chi connectivity index (χ1) is 9.43. The van der Waals surface area contributed by atoms with Crippen molar-refractivity contribution in [3.8, 4) is 0 Å².